The highest BCUT2D eigenvalue weighted by molar-refractivity contribution is 7.15. The Morgan fingerprint density at radius 2 is 1.88 bits per heavy atom. The molecule has 25 heavy (non-hydrogen) atoms. The average Bonchev–Trinajstić information content (AvgIpc) is 3.19. The van der Waals surface area contributed by atoms with Gasteiger partial charge in [0, 0.05) is 34.7 Å². The Balaban J connectivity index is 1.50. The van der Waals surface area contributed by atoms with Gasteiger partial charge < -0.3 is 10.6 Å². The number of thiazole rings is 1. The molecule has 2 N–H and O–H groups in total. The summed E-state index contributed by atoms with van der Waals surface area (Å²) in [6.45, 7) is 2.01. The van der Waals surface area contributed by atoms with Gasteiger partial charge in [-0.15, -0.1) is 11.3 Å². The fraction of sp³-hybridized carbons (Fsp3) is 0.0526. The van der Waals surface area contributed by atoms with Crippen LogP contribution in [0.1, 0.15) is 5.56 Å². The summed E-state index contributed by atoms with van der Waals surface area (Å²) in [5.41, 5.74) is 4.48. The van der Waals surface area contributed by atoms with Crippen molar-refractivity contribution in [1.82, 2.24) is 9.38 Å². The van der Waals surface area contributed by atoms with E-state index in [0.717, 1.165) is 33.2 Å². The molecule has 0 bridgehead atoms. The van der Waals surface area contributed by atoms with E-state index >= 15 is 0 Å². The maximum atomic E-state index is 12.2. The van der Waals surface area contributed by atoms with Crippen LogP contribution in [0, 0.1) is 6.92 Å². The van der Waals surface area contributed by atoms with Gasteiger partial charge in [-0.05, 0) is 31.2 Å². The maximum Gasteiger partial charge on any atom is 0.323 e. The number of anilines is 2. The van der Waals surface area contributed by atoms with E-state index in [9.17, 15) is 4.79 Å². The van der Waals surface area contributed by atoms with Crippen LogP contribution in [0.4, 0.5) is 16.2 Å². The molecule has 4 aromatic rings. The van der Waals surface area contributed by atoms with E-state index in [4.69, 9.17) is 0 Å². The Morgan fingerprint density at radius 3 is 2.68 bits per heavy atom. The number of aromatic nitrogens is 2. The van der Waals surface area contributed by atoms with Crippen LogP contribution in [0.3, 0.4) is 0 Å². The lowest BCUT2D eigenvalue weighted by atomic mass is 10.1. The minimum Gasteiger partial charge on any atom is -0.308 e. The topological polar surface area (TPSA) is 58.4 Å². The van der Waals surface area contributed by atoms with Gasteiger partial charge in [-0.2, -0.15) is 0 Å². The van der Waals surface area contributed by atoms with Crippen LogP contribution in [0.15, 0.2) is 66.3 Å². The van der Waals surface area contributed by atoms with Gasteiger partial charge in [0.05, 0.1) is 5.69 Å². The largest absolute Gasteiger partial charge is 0.323 e. The van der Waals surface area contributed by atoms with Crippen LogP contribution in [0.25, 0.3) is 16.2 Å². The molecule has 2 aromatic carbocycles. The number of fused-ring (bicyclic) bond motifs is 1. The summed E-state index contributed by atoms with van der Waals surface area (Å²) in [4.78, 5) is 17.7. The molecular formula is C19H16N4OS. The lowest BCUT2D eigenvalue weighted by molar-refractivity contribution is 0.262. The third kappa shape index (κ3) is 3.39. The second-order valence-electron chi connectivity index (χ2n) is 5.74. The summed E-state index contributed by atoms with van der Waals surface area (Å²) >= 11 is 1.59. The molecule has 0 saturated heterocycles. The van der Waals surface area contributed by atoms with Gasteiger partial charge >= 0.3 is 6.03 Å². The Kier molecular flexibility index (Phi) is 3.95. The zero-order valence-corrected chi connectivity index (χ0v) is 14.4. The van der Waals surface area contributed by atoms with Crippen molar-refractivity contribution < 1.29 is 4.79 Å². The summed E-state index contributed by atoms with van der Waals surface area (Å²) in [6, 6.07) is 15.1. The standard InChI is InChI=1S/C19H16N4OS/c1-13-5-7-15(8-6-13)20-18(24)21-16-4-2-3-14(11-16)17-12-23-9-10-25-19(23)22-17/h2-12H,1H3,(H2,20,21,24). The summed E-state index contributed by atoms with van der Waals surface area (Å²) in [5.74, 6) is 0. The molecule has 2 aromatic heterocycles. The molecule has 0 unspecified atom stereocenters. The average molecular weight is 348 g/mol. The first-order valence-electron chi connectivity index (χ1n) is 7.85. The van der Waals surface area contributed by atoms with Crippen LogP contribution in [0.2, 0.25) is 0 Å². The molecule has 2 amide bonds. The number of hydrogen-bond donors (Lipinski definition) is 2. The summed E-state index contributed by atoms with van der Waals surface area (Å²) in [7, 11) is 0. The van der Waals surface area contributed by atoms with Gasteiger partial charge in [-0.1, -0.05) is 29.8 Å². The SMILES string of the molecule is Cc1ccc(NC(=O)Nc2cccc(-c3cn4ccsc4n3)c2)cc1. The molecule has 0 fully saturated rings. The zero-order valence-electron chi connectivity index (χ0n) is 13.6. The lowest BCUT2D eigenvalue weighted by Crippen LogP contribution is -2.19. The molecule has 0 aliphatic rings. The van der Waals surface area contributed by atoms with E-state index in [2.05, 4.69) is 15.6 Å². The minimum absolute atomic E-state index is 0.271. The summed E-state index contributed by atoms with van der Waals surface area (Å²) in [6.07, 6.45) is 3.96. The van der Waals surface area contributed by atoms with Gasteiger partial charge in [0.2, 0.25) is 0 Å². The van der Waals surface area contributed by atoms with Gasteiger partial charge in [0.1, 0.15) is 0 Å². The quantitative estimate of drug-likeness (QED) is 0.546. The molecule has 0 spiro atoms. The van der Waals surface area contributed by atoms with E-state index in [-0.39, 0.29) is 6.03 Å². The molecule has 0 radical (unpaired) electrons. The fourth-order valence-electron chi connectivity index (χ4n) is 2.55. The molecule has 2 heterocycles. The lowest BCUT2D eigenvalue weighted by Gasteiger charge is -2.08. The molecule has 0 aliphatic carbocycles. The van der Waals surface area contributed by atoms with Gasteiger partial charge in [-0.25, -0.2) is 9.78 Å². The van der Waals surface area contributed by atoms with E-state index in [0.29, 0.717) is 0 Å². The molecule has 5 nitrogen and oxygen atoms in total. The number of imidazole rings is 1. The molecule has 4 rings (SSSR count). The van der Waals surface area contributed by atoms with Crippen molar-refractivity contribution in [3.05, 3.63) is 71.9 Å². The van der Waals surface area contributed by atoms with Crippen molar-refractivity contribution in [2.45, 2.75) is 6.92 Å². The number of carbonyl (C=O) groups is 1. The smallest absolute Gasteiger partial charge is 0.308 e. The summed E-state index contributed by atoms with van der Waals surface area (Å²) < 4.78 is 1.99. The number of benzene rings is 2. The highest BCUT2D eigenvalue weighted by Crippen LogP contribution is 2.24. The van der Waals surface area contributed by atoms with Crippen molar-refractivity contribution in [2.75, 3.05) is 10.6 Å². The van der Waals surface area contributed by atoms with Crippen molar-refractivity contribution in [2.24, 2.45) is 0 Å². The third-order valence-electron chi connectivity index (χ3n) is 3.82. The third-order valence-corrected chi connectivity index (χ3v) is 4.59. The first-order chi connectivity index (χ1) is 12.2. The Morgan fingerprint density at radius 1 is 1.08 bits per heavy atom. The van der Waals surface area contributed by atoms with Crippen molar-refractivity contribution >= 4 is 33.7 Å². The molecule has 6 heteroatoms. The number of urea groups is 1. The first-order valence-corrected chi connectivity index (χ1v) is 8.73. The van der Waals surface area contributed by atoms with E-state index < -0.39 is 0 Å². The molecule has 0 atom stereocenters. The fourth-order valence-corrected chi connectivity index (χ4v) is 3.25. The van der Waals surface area contributed by atoms with E-state index in [1.165, 1.54) is 0 Å². The monoisotopic (exact) mass is 348 g/mol. The Bertz CT molecular complexity index is 1000. The molecule has 124 valence electrons. The first kappa shape index (κ1) is 15.4. The summed E-state index contributed by atoms with van der Waals surface area (Å²) in [5, 5.41) is 7.69. The zero-order chi connectivity index (χ0) is 17.2. The number of hydrogen-bond acceptors (Lipinski definition) is 3. The van der Waals surface area contributed by atoms with Crippen LogP contribution < -0.4 is 10.6 Å². The van der Waals surface area contributed by atoms with Crippen molar-refractivity contribution in [1.29, 1.82) is 0 Å². The van der Waals surface area contributed by atoms with Crippen LogP contribution in [-0.4, -0.2) is 15.4 Å². The van der Waals surface area contributed by atoms with Gasteiger partial charge in [-0.3, -0.25) is 4.40 Å². The Hall–Kier alpha value is -3.12. The predicted molar refractivity (Wildman–Crippen MR) is 102 cm³/mol. The van der Waals surface area contributed by atoms with Crippen LogP contribution in [-0.2, 0) is 0 Å². The number of carbonyl (C=O) groups excluding carboxylic acids is 1. The molecular weight excluding hydrogens is 332 g/mol. The number of amides is 2. The maximum absolute atomic E-state index is 12.2. The Labute approximate surface area is 149 Å². The van der Waals surface area contributed by atoms with Crippen molar-refractivity contribution in [3.8, 4) is 11.3 Å². The number of aryl methyl sites for hydroxylation is 1. The highest BCUT2D eigenvalue weighted by Gasteiger charge is 2.07. The predicted octanol–water partition coefficient (Wildman–Crippen LogP) is 5.02. The molecule has 0 saturated carbocycles. The van der Waals surface area contributed by atoms with E-state index in [1.807, 2.05) is 77.6 Å². The number of nitrogens with zero attached hydrogens (tertiary/aromatic N) is 2. The van der Waals surface area contributed by atoms with Crippen LogP contribution >= 0.6 is 11.3 Å². The second-order valence-corrected chi connectivity index (χ2v) is 6.62. The normalized spacial score (nSPS) is 10.8. The number of nitrogens with one attached hydrogen (secondary N) is 2. The second kappa shape index (κ2) is 6.41. The minimum atomic E-state index is -0.271. The van der Waals surface area contributed by atoms with Gasteiger partial charge in [0.25, 0.3) is 0 Å². The van der Waals surface area contributed by atoms with Gasteiger partial charge in [0.15, 0.2) is 4.96 Å². The highest BCUT2D eigenvalue weighted by atomic mass is 32.1. The number of rotatable bonds is 3. The van der Waals surface area contributed by atoms with Crippen LogP contribution in [0.5, 0.6) is 0 Å². The van der Waals surface area contributed by atoms with Crippen molar-refractivity contribution in [3.63, 3.8) is 0 Å². The van der Waals surface area contributed by atoms with E-state index in [1.54, 1.807) is 11.3 Å². The molecule has 0 aliphatic heterocycles.